The number of benzene rings is 2. The summed E-state index contributed by atoms with van der Waals surface area (Å²) < 4.78 is 0. The van der Waals surface area contributed by atoms with E-state index >= 15 is 0 Å². The summed E-state index contributed by atoms with van der Waals surface area (Å²) in [5, 5.41) is 0. The number of nitrogens with zero attached hydrogens (tertiary/aromatic N) is 2. The van der Waals surface area contributed by atoms with Crippen molar-refractivity contribution in [1.29, 1.82) is 0 Å². The molecular formula is C18H16N2. The van der Waals surface area contributed by atoms with Crippen LogP contribution in [0.25, 0.3) is 0 Å². The van der Waals surface area contributed by atoms with E-state index in [1.165, 1.54) is 12.4 Å². The first-order chi connectivity index (χ1) is 9.86. The highest BCUT2D eigenvalue weighted by atomic mass is 14.8. The fraction of sp³-hybridized carbons (Fsp3) is 0. The van der Waals surface area contributed by atoms with Gasteiger partial charge in [-0.15, -0.1) is 0 Å². The van der Waals surface area contributed by atoms with Crippen molar-refractivity contribution in [1.82, 2.24) is 0 Å². The first-order valence-corrected chi connectivity index (χ1v) is 6.35. The summed E-state index contributed by atoms with van der Waals surface area (Å²) in [5.74, 6) is 0. The molecule has 98 valence electrons. The van der Waals surface area contributed by atoms with Crippen molar-refractivity contribution >= 4 is 11.4 Å². The predicted molar refractivity (Wildman–Crippen MR) is 86.4 cm³/mol. The Morgan fingerprint density at radius 2 is 1.00 bits per heavy atom. The van der Waals surface area contributed by atoms with Crippen LogP contribution in [0.1, 0.15) is 11.1 Å². The monoisotopic (exact) mass is 260 g/mol. The molecule has 0 aliphatic rings. The molecule has 2 heteroatoms. The van der Waals surface area contributed by atoms with E-state index in [0.717, 1.165) is 22.6 Å². The topological polar surface area (TPSA) is 24.7 Å². The molecule has 0 N–H and O–H groups in total. The quantitative estimate of drug-likeness (QED) is 0.718. The highest BCUT2D eigenvalue weighted by Crippen LogP contribution is 2.11. The van der Waals surface area contributed by atoms with Gasteiger partial charge in [0.1, 0.15) is 0 Å². The first kappa shape index (κ1) is 13.7. The van der Waals surface area contributed by atoms with Crippen LogP contribution in [0.5, 0.6) is 0 Å². The maximum atomic E-state index is 4.39. The van der Waals surface area contributed by atoms with Crippen LogP contribution in [-0.2, 0) is 0 Å². The van der Waals surface area contributed by atoms with Gasteiger partial charge in [-0.2, -0.15) is 0 Å². The number of hydrogen-bond donors (Lipinski definition) is 0. The van der Waals surface area contributed by atoms with Crippen LogP contribution in [0.15, 0.2) is 96.2 Å². The summed E-state index contributed by atoms with van der Waals surface area (Å²) in [4.78, 5) is 8.78. The smallest absolute Gasteiger partial charge is 0.0964 e. The summed E-state index contributed by atoms with van der Waals surface area (Å²) in [6.07, 6.45) is 3.06. The normalized spacial score (nSPS) is 12.0. The average molecular weight is 260 g/mol. The molecule has 0 bridgehead atoms. The molecule has 0 radical (unpaired) electrons. The second-order valence-electron chi connectivity index (χ2n) is 4.05. The van der Waals surface area contributed by atoms with E-state index in [1.54, 1.807) is 0 Å². The van der Waals surface area contributed by atoms with Gasteiger partial charge in [0.25, 0.3) is 0 Å². The van der Waals surface area contributed by atoms with Crippen molar-refractivity contribution in [3.63, 3.8) is 0 Å². The molecular weight excluding hydrogens is 244 g/mol. The van der Waals surface area contributed by atoms with E-state index < -0.39 is 0 Å². The van der Waals surface area contributed by atoms with Crippen LogP contribution in [0.2, 0.25) is 0 Å². The van der Waals surface area contributed by atoms with Gasteiger partial charge >= 0.3 is 0 Å². The van der Waals surface area contributed by atoms with Crippen LogP contribution in [-0.4, -0.2) is 11.4 Å². The maximum Gasteiger partial charge on any atom is 0.0964 e. The molecule has 2 aromatic rings. The van der Waals surface area contributed by atoms with Gasteiger partial charge in [-0.05, 0) is 0 Å². The Kier molecular flexibility index (Phi) is 4.79. The SMILES string of the molecule is C=CN=C(C(=NC=C)c1ccccc1)c1ccccc1. The van der Waals surface area contributed by atoms with E-state index in [2.05, 4.69) is 23.1 Å². The Morgan fingerprint density at radius 1 is 0.650 bits per heavy atom. The number of hydrogen-bond acceptors (Lipinski definition) is 2. The van der Waals surface area contributed by atoms with E-state index in [0.29, 0.717) is 0 Å². The Balaban J connectivity index is 2.57. The summed E-state index contributed by atoms with van der Waals surface area (Å²) in [6.45, 7) is 7.39. The third kappa shape index (κ3) is 3.18. The van der Waals surface area contributed by atoms with Crippen LogP contribution >= 0.6 is 0 Å². The molecule has 2 nitrogen and oxygen atoms in total. The van der Waals surface area contributed by atoms with E-state index in [9.17, 15) is 0 Å². The Labute approximate surface area is 119 Å². The predicted octanol–water partition coefficient (Wildman–Crippen LogP) is 4.25. The Bertz CT molecular complexity index is 578. The molecule has 0 aliphatic heterocycles. The summed E-state index contributed by atoms with van der Waals surface area (Å²) in [5.41, 5.74) is 3.56. The van der Waals surface area contributed by atoms with Gasteiger partial charge in [0.05, 0.1) is 11.4 Å². The lowest BCUT2D eigenvalue weighted by Crippen LogP contribution is -2.16. The number of aliphatic imine (C=N–C) groups is 2. The van der Waals surface area contributed by atoms with Crippen molar-refractivity contribution in [3.8, 4) is 0 Å². The third-order valence-electron chi connectivity index (χ3n) is 2.76. The van der Waals surface area contributed by atoms with Crippen LogP contribution < -0.4 is 0 Å². The summed E-state index contributed by atoms with van der Waals surface area (Å²) >= 11 is 0. The molecule has 0 heterocycles. The lowest BCUT2D eigenvalue weighted by Gasteiger charge is -2.09. The van der Waals surface area contributed by atoms with E-state index in [-0.39, 0.29) is 0 Å². The van der Waals surface area contributed by atoms with Crippen molar-refractivity contribution in [2.75, 3.05) is 0 Å². The molecule has 0 atom stereocenters. The molecule has 0 saturated heterocycles. The van der Waals surface area contributed by atoms with Gasteiger partial charge in [-0.3, -0.25) is 9.98 Å². The molecule has 0 aliphatic carbocycles. The summed E-state index contributed by atoms with van der Waals surface area (Å²) in [7, 11) is 0. The van der Waals surface area contributed by atoms with Gasteiger partial charge in [0.15, 0.2) is 0 Å². The molecule has 20 heavy (non-hydrogen) atoms. The lowest BCUT2D eigenvalue weighted by atomic mass is 9.99. The van der Waals surface area contributed by atoms with Crippen LogP contribution in [0.3, 0.4) is 0 Å². The second-order valence-corrected chi connectivity index (χ2v) is 4.05. The average Bonchev–Trinajstić information content (AvgIpc) is 2.52. The third-order valence-corrected chi connectivity index (χ3v) is 2.76. The molecule has 0 amide bonds. The molecule has 0 aromatic heterocycles. The lowest BCUT2D eigenvalue weighted by molar-refractivity contribution is 1.51. The Hall–Kier alpha value is -2.74. The minimum atomic E-state index is 0.784. The zero-order valence-electron chi connectivity index (χ0n) is 11.2. The van der Waals surface area contributed by atoms with Gasteiger partial charge in [0.2, 0.25) is 0 Å². The fourth-order valence-corrected chi connectivity index (χ4v) is 1.92. The van der Waals surface area contributed by atoms with Crippen LogP contribution in [0.4, 0.5) is 0 Å². The minimum Gasteiger partial charge on any atom is -0.255 e. The van der Waals surface area contributed by atoms with Crippen molar-refractivity contribution in [2.45, 2.75) is 0 Å². The molecule has 0 unspecified atom stereocenters. The molecule has 2 rings (SSSR count). The second kappa shape index (κ2) is 7.00. The van der Waals surface area contributed by atoms with E-state index in [4.69, 9.17) is 0 Å². The zero-order valence-corrected chi connectivity index (χ0v) is 11.2. The summed E-state index contributed by atoms with van der Waals surface area (Å²) in [6, 6.07) is 19.9. The maximum absolute atomic E-state index is 4.39. The van der Waals surface area contributed by atoms with Crippen LogP contribution in [0, 0.1) is 0 Å². The van der Waals surface area contributed by atoms with E-state index in [1.807, 2.05) is 60.7 Å². The number of rotatable bonds is 5. The highest BCUT2D eigenvalue weighted by Gasteiger charge is 2.12. The van der Waals surface area contributed by atoms with Crippen molar-refractivity contribution < 1.29 is 0 Å². The molecule has 2 aromatic carbocycles. The van der Waals surface area contributed by atoms with Crippen molar-refractivity contribution in [3.05, 3.63) is 97.3 Å². The van der Waals surface area contributed by atoms with Gasteiger partial charge < -0.3 is 0 Å². The largest absolute Gasteiger partial charge is 0.255 e. The van der Waals surface area contributed by atoms with Gasteiger partial charge in [-0.25, -0.2) is 0 Å². The van der Waals surface area contributed by atoms with Gasteiger partial charge in [-0.1, -0.05) is 73.8 Å². The van der Waals surface area contributed by atoms with Gasteiger partial charge in [0, 0.05) is 23.5 Å². The minimum absolute atomic E-state index is 0.784. The highest BCUT2D eigenvalue weighted by molar-refractivity contribution is 6.53. The standard InChI is InChI=1S/C18H16N2/c1-3-19-17(15-11-7-5-8-12-15)18(20-4-2)16-13-9-6-10-14-16/h3-14H,1-2H2. The fourth-order valence-electron chi connectivity index (χ4n) is 1.92. The van der Waals surface area contributed by atoms with Crippen molar-refractivity contribution in [2.24, 2.45) is 9.98 Å². The molecule has 0 spiro atoms. The molecule has 0 saturated carbocycles. The zero-order chi connectivity index (χ0) is 14.2. The first-order valence-electron chi connectivity index (χ1n) is 6.35. The Morgan fingerprint density at radius 3 is 1.30 bits per heavy atom. The molecule has 0 fully saturated rings.